The Kier molecular flexibility index (Phi) is 5.66. The van der Waals surface area contributed by atoms with Gasteiger partial charge in [0.2, 0.25) is 0 Å². The van der Waals surface area contributed by atoms with Gasteiger partial charge in [0.1, 0.15) is 0 Å². The number of benzene rings is 3. The molecule has 1 aliphatic rings. The number of carbonyl (C=O) groups excluding carboxylic acids is 1. The molecule has 4 aromatic rings. The first-order valence-corrected chi connectivity index (χ1v) is 11.1. The van der Waals surface area contributed by atoms with E-state index in [1.165, 1.54) is 6.07 Å². The van der Waals surface area contributed by atoms with Crippen LogP contribution in [0.25, 0.3) is 21.7 Å². The first kappa shape index (κ1) is 21.3. The van der Waals surface area contributed by atoms with Gasteiger partial charge in [-0.15, -0.1) is 0 Å². The Morgan fingerprint density at radius 3 is 2.33 bits per heavy atom. The first-order chi connectivity index (χ1) is 16.1. The Morgan fingerprint density at radius 2 is 1.61 bits per heavy atom. The minimum atomic E-state index is -0.403. The lowest BCUT2D eigenvalue weighted by Gasteiger charge is -2.27. The monoisotopic (exact) mass is 443 g/mol. The number of nitro benzene ring substituents is 1. The number of morpholine rings is 1. The minimum absolute atomic E-state index is 0.00631. The zero-order valence-corrected chi connectivity index (χ0v) is 18.5. The van der Waals surface area contributed by atoms with Gasteiger partial charge in [0, 0.05) is 54.4 Å². The van der Waals surface area contributed by atoms with Crippen molar-refractivity contribution in [2.75, 3.05) is 32.8 Å². The first-order valence-electron chi connectivity index (χ1n) is 11.1. The van der Waals surface area contributed by atoms with E-state index < -0.39 is 4.92 Å². The highest BCUT2D eigenvalue weighted by Gasteiger charge is 2.24. The summed E-state index contributed by atoms with van der Waals surface area (Å²) in [6, 6.07) is 18.0. The number of nitrogens with zero attached hydrogens (tertiary/aromatic N) is 3. The number of ketones is 1. The molecule has 2 heterocycles. The predicted octanol–water partition coefficient (Wildman–Crippen LogP) is 4.57. The van der Waals surface area contributed by atoms with Crippen LogP contribution in [0.4, 0.5) is 5.69 Å². The number of fused-ring (bicyclic) bond motifs is 2. The Bertz CT molecular complexity index is 1370. The van der Waals surface area contributed by atoms with Crippen LogP contribution >= 0.6 is 0 Å². The SMILES string of the molecule is Cc1c(C(=O)c2ccc([N+](=O)[O-])c3ccccc23)c2ccccc2n1CCN1CCOCC1. The quantitative estimate of drug-likeness (QED) is 0.248. The minimum Gasteiger partial charge on any atom is -0.379 e. The van der Waals surface area contributed by atoms with E-state index >= 15 is 0 Å². The average molecular weight is 444 g/mol. The van der Waals surface area contributed by atoms with Gasteiger partial charge in [-0.05, 0) is 30.5 Å². The lowest BCUT2D eigenvalue weighted by molar-refractivity contribution is -0.383. The second-order valence-corrected chi connectivity index (χ2v) is 8.35. The lowest BCUT2D eigenvalue weighted by Crippen LogP contribution is -2.38. The predicted molar refractivity (Wildman–Crippen MR) is 128 cm³/mol. The van der Waals surface area contributed by atoms with E-state index in [0.717, 1.165) is 56.0 Å². The van der Waals surface area contributed by atoms with Gasteiger partial charge in [0.25, 0.3) is 5.69 Å². The van der Waals surface area contributed by atoms with Crippen molar-refractivity contribution >= 4 is 33.1 Å². The number of non-ortho nitro benzene ring substituents is 1. The summed E-state index contributed by atoms with van der Waals surface area (Å²) in [6.07, 6.45) is 0. The second-order valence-electron chi connectivity index (χ2n) is 8.35. The molecule has 7 nitrogen and oxygen atoms in total. The van der Waals surface area contributed by atoms with Crippen LogP contribution < -0.4 is 0 Å². The zero-order chi connectivity index (χ0) is 22.9. The standard InChI is InChI=1S/C26H25N3O4/c1-18-25(26(30)21-10-11-24(29(31)32)20-7-3-2-6-19(20)21)22-8-4-5-9-23(22)28(18)13-12-27-14-16-33-17-15-27/h2-11H,12-17H2,1H3. The third kappa shape index (κ3) is 3.79. The third-order valence-electron chi connectivity index (χ3n) is 6.54. The fraction of sp³-hybridized carbons (Fsp3) is 0.269. The van der Waals surface area contributed by atoms with E-state index in [1.807, 2.05) is 31.2 Å². The average Bonchev–Trinajstić information content (AvgIpc) is 3.13. The molecule has 168 valence electrons. The molecule has 3 aromatic carbocycles. The van der Waals surface area contributed by atoms with Crippen LogP contribution in [0.2, 0.25) is 0 Å². The summed E-state index contributed by atoms with van der Waals surface area (Å²) in [5.41, 5.74) is 3.09. The van der Waals surface area contributed by atoms with Gasteiger partial charge in [-0.3, -0.25) is 19.8 Å². The van der Waals surface area contributed by atoms with E-state index in [4.69, 9.17) is 4.74 Å². The number of hydrogen-bond acceptors (Lipinski definition) is 5. The van der Waals surface area contributed by atoms with E-state index in [-0.39, 0.29) is 11.5 Å². The maximum Gasteiger partial charge on any atom is 0.277 e. The van der Waals surface area contributed by atoms with Crippen molar-refractivity contribution in [3.05, 3.63) is 87.6 Å². The molecule has 1 fully saturated rings. The summed E-state index contributed by atoms with van der Waals surface area (Å²) in [5.74, 6) is -0.111. The van der Waals surface area contributed by atoms with Gasteiger partial charge in [-0.1, -0.05) is 36.4 Å². The van der Waals surface area contributed by atoms with Gasteiger partial charge in [-0.2, -0.15) is 0 Å². The molecule has 1 aromatic heterocycles. The van der Waals surface area contributed by atoms with E-state index in [0.29, 0.717) is 21.9 Å². The van der Waals surface area contributed by atoms with Gasteiger partial charge in [-0.25, -0.2) is 0 Å². The van der Waals surface area contributed by atoms with Crippen molar-refractivity contribution in [1.29, 1.82) is 0 Å². The molecule has 33 heavy (non-hydrogen) atoms. The number of ether oxygens (including phenoxy) is 1. The number of hydrogen-bond donors (Lipinski definition) is 0. The molecule has 0 atom stereocenters. The Labute approximate surface area is 191 Å². The summed E-state index contributed by atoms with van der Waals surface area (Å²) in [7, 11) is 0. The zero-order valence-electron chi connectivity index (χ0n) is 18.5. The van der Waals surface area contributed by atoms with Gasteiger partial charge >= 0.3 is 0 Å². The topological polar surface area (TPSA) is 77.6 Å². The molecule has 7 heteroatoms. The molecule has 0 saturated carbocycles. The molecular weight excluding hydrogens is 418 g/mol. The number of aromatic nitrogens is 1. The normalized spacial score (nSPS) is 14.7. The van der Waals surface area contributed by atoms with Crippen LogP contribution in [0.5, 0.6) is 0 Å². The summed E-state index contributed by atoms with van der Waals surface area (Å²) < 4.78 is 7.67. The number of nitro groups is 1. The summed E-state index contributed by atoms with van der Waals surface area (Å²) in [5, 5.41) is 13.5. The largest absolute Gasteiger partial charge is 0.379 e. The van der Waals surface area contributed by atoms with Crippen molar-refractivity contribution in [3.8, 4) is 0 Å². The maximum atomic E-state index is 13.9. The smallest absolute Gasteiger partial charge is 0.277 e. The highest BCUT2D eigenvalue weighted by molar-refractivity contribution is 6.22. The summed E-state index contributed by atoms with van der Waals surface area (Å²) >= 11 is 0. The van der Waals surface area contributed by atoms with Crippen molar-refractivity contribution in [3.63, 3.8) is 0 Å². The Morgan fingerprint density at radius 1 is 0.939 bits per heavy atom. The molecule has 5 rings (SSSR count). The molecular formula is C26H25N3O4. The van der Waals surface area contributed by atoms with Crippen molar-refractivity contribution in [2.24, 2.45) is 0 Å². The summed E-state index contributed by atoms with van der Waals surface area (Å²) in [4.78, 5) is 27.4. The van der Waals surface area contributed by atoms with Crippen molar-refractivity contribution in [1.82, 2.24) is 9.47 Å². The van der Waals surface area contributed by atoms with Crippen LogP contribution in [0.3, 0.4) is 0 Å². The van der Waals surface area contributed by atoms with Crippen LogP contribution in [0.1, 0.15) is 21.6 Å². The summed E-state index contributed by atoms with van der Waals surface area (Å²) in [6.45, 7) is 6.99. The molecule has 0 amide bonds. The van der Waals surface area contributed by atoms with Crippen LogP contribution in [0.15, 0.2) is 60.7 Å². The fourth-order valence-electron chi connectivity index (χ4n) is 4.85. The second kappa shape index (κ2) is 8.77. The lowest BCUT2D eigenvalue weighted by atomic mass is 9.95. The number of rotatable bonds is 6. The number of para-hydroxylation sites is 1. The van der Waals surface area contributed by atoms with Crippen molar-refractivity contribution in [2.45, 2.75) is 13.5 Å². The highest BCUT2D eigenvalue weighted by atomic mass is 16.6. The van der Waals surface area contributed by atoms with Crippen LogP contribution in [-0.2, 0) is 11.3 Å². The van der Waals surface area contributed by atoms with Crippen molar-refractivity contribution < 1.29 is 14.5 Å². The molecule has 0 N–H and O–H groups in total. The highest BCUT2D eigenvalue weighted by Crippen LogP contribution is 2.33. The third-order valence-corrected chi connectivity index (χ3v) is 6.54. The molecule has 1 aliphatic heterocycles. The maximum absolute atomic E-state index is 13.9. The Hall–Kier alpha value is -3.55. The molecule has 0 radical (unpaired) electrons. The van der Waals surface area contributed by atoms with Gasteiger partial charge in [0.15, 0.2) is 5.78 Å². The molecule has 0 aliphatic carbocycles. The molecule has 0 unspecified atom stereocenters. The Balaban J connectivity index is 1.59. The van der Waals surface area contributed by atoms with E-state index in [1.54, 1.807) is 30.3 Å². The van der Waals surface area contributed by atoms with Gasteiger partial charge in [0.05, 0.1) is 29.1 Å². The molecule has 0 bridgehead atoms. The number of carbonyl (C=O) groups is 1. The van der Waals surface area contributed by atoms with E-state index in [2.05, 4.69) is 9.47 Å². The van der Waals surface area contributed by atoms with Crippen LogP contribution in [0, 0.1) is 17.0 Å². The van der Waals surface area contributed by atoms with Gasteiger partial charge < -0.3 is 9.30 Å². The molecule has 0 spiro atoms. The fourth-order valence-corrected chi connectivity index (χ4v) is 4.85. The van der Waals surface area contributed by atoms with Crippen LogP contribution in [-0.4, -0.2) is 53.0 Å². The van der Waals surface area contributed by atoms with E-state index in [9.17, 15) is 14.9 Å². The molecule has 1 saturated heterocycles.